The van der Waals surface area contributed by atoms with Gasteiger partial charge in [-0.1, -0.05) is 0 Å². The van der Waals surface area contributed by atoms with Crippen LogP contribution in [0.3, 0.4) is 0 Å². The lowest BCUT2D eigenvalue weighted by molar-refractivity contribution is 0.101. The van der Waals surface area contributed by atoms with E-state index in [1.807, 2.05) is 0 Å². The molecular weight excluding hydrogens is 247 g/mol. The molecule has 0 radical (unpaired) electrons. The summed E-state index contributed by atoms with van der Waals surface area (Å²) >= 11 is 0. The van der Waals surface area contributed by atoms with Crippen molar-refractivity contribution in [3.8, 4) is 0 Å². The number of nitrogens with zero attached hydrogens (tertiary/aromatic N) is 1. The Morgan fingerprint density at radius 3 is 2.32 bits per heavy atom. The maximum Gasteiger partial charge on any atom is 0.274 e. The Kier molecular flexibility index (Phi) is 3.66. The Morgan fingerprint density at radius 1 is 1.11 bits per heavy atom. The minimum atomic E-state index is -0.498. The van der Waals surface area contributed by atoms with Gasteiger partial charge in [-0.05, 0) is 43.3 Å². The average Bonchev–Trinajstić information content (AvgIpc) is 2.40. The Morgan fingerprint density at radius 2 is 1.79 bits per heavy atom. The second-order valence-corrected chi connectivity index (χ2v) is 3.95. The molecule has 1 aromatic heterocycles. The molecule has 0 unspecified atom stereocenters. The Labute approximate surface area is 109 Å². The van der Waals surface area contributed by atoms with Gasteiger partial charge in [0.1, 0.15) is 11.5 Å². The van der Waals surface area contributed by atoms with Gasteiger partial charge in [0, 0.05) is 11.3 Å². The summed E-state index contributed by atoms with van der Waals surface area (Å²) in [6.07, 6.45) is 0.980. The molecule has 5 heteroatoms. The predicted molar refractivity (Wildman–Crippen MR) is 68.6 cm³/mol. The fourth-order valence-electron chi connectivity index (χ4n) is 1.49. The van der Waals surface area contributed by atoms with Crippen LogP contribution in [0.5, 0.6) is 0 Å². The molecule has 96 valence electrons. The lowest BCUT2D eigenvalue weighted by Gasteiger charge is -2.05. The Balaban J connectivity index is 2.10. The number of anilines is 1. The van der Waals surface area contributed by atoms with Crippen LogP contribution in [0.1, 0.15) is 27.8 Å². The number of amides is 1. The van der Waals surface area contributed by atoms with Gasteiger partial charge < -0.3 is 5.32 Å². The van der Waals surface area contributed by atoms with E-state index >= 15 is 0 Å². The fraction of sp³-hybridized carbons (Fsp3) is 0.0714. The van der Waals surface area contributed by atoms with Crippen molar-refractivity contribution in [1.82, 2.24) is 4.98 Å². The molecule has 0 fully saturated rings. The molecule has 4 nitrogen and oxygen atoms in total. The second-order valence-electron chi connectivity index (χ2n) is 3.95. The zero-order valence-corrected chi connectivity index (χ0v) is 10.2. The molecule has 0 saturated carbocycles. The van der Waals surface area contributed by atoms with Crippen molar-refractivity contribution in [2.75, 3.05) is 5.32 Å². The van der Waals surface area contributed by atoms with Gasteiger partial charge in [-0.25, -0.2) is 9.37 Å². The number of halogens is 1. The highest BCUT2D eigenvalue weighted by Gasteiger charge is 2.08. The minimum Gasteiger partial charge on any atom is -0.321 e. The smallest absolute Gasteiger partial charge is 0.274 e. The first kappa shape index (κ1) is 12.9. The van der Waals surface area contributed by atoms with Crippen LogP contribution in [-0.4, -0.2) is 16.7 Å². The molecule has 1 amide bonds. The summed E-state index contributed by atoms with van der Waals surface area (Å²) in [5, 5.41) is 2.61. The van der Waals surface area contributed by atoms with E-state index in [0.29, 0.717) is 11.3 Å². The highest BCUT2D eigenvalue weighted by molar-refractivity contribution is 6.03. The summed E-state index contributed by atoms with van der Waals surface area (Å²) in [6, 6.07) is 8.96. The van der Waals surface area contributed by atoms with Crippen LogP contribution in [0.25, 0.3) is 0 Å². The van der Waals surface area contributed by atoms with Crippen LogP contribution in [0, 0.1) is 5.82 Å². The number of carbonyl (C=O) groups is 2. The number of hydrogen-bond donors (Lipinski definition) is 1. The summed E-state index contributed by atoms with van der Waals surface area (Å²) in [5.74, 6) is -0.976. The highest BCUT2D eigenvalue weighted by Crippen LogP contribution is 2.11. The van der Waals surface area contributed by atoms with Crippen molar-refractivity contribution in [2.45, 2.75) is 6.92 Å². The first-order chi connectivity index (χ1) is 9.06. The summed E-state index contributed by atoms with van der Waals surface area (Å²) < 4.78 is 12.7. The molecule has 0 atom stereocenters. The van der Waals surface area contributed by atoms with Crippen LogP contribution < -0.4 is 5.32 Å². The third kappa shape index (κ3) is 3.22. The van der Waals surface area contributed by atoms with Gasteiger partial charge in [0.05, 0.1) is 6.20 Å². The zero-order valence-electron chi connectivity index (χ0n) is 10.2. The van der Waals surface area contributed by atoms with Gasteiger partial charge in [-0.2, -0.15) is 0 Å². The summed E-state index contributed by atoms with van der Waals surface area (Å²) in [6.45, 7) is 1.47. The molecule has 1 heterocycles. The van der Waals surface area contributed by atoms with Crippen LogP contribution in [0.15, 0.2) is 42.6 Å². The molecule has 0 aliphatic heterocycles. The predicted octanol–water partition coefficient (Wildman–Crippen LogP) is 2.68. The maximum absolute atomic E-state index is 12.7. The van der Waals surface area contributed by atoms with Crippen molar-refractivity contribution >= 4 is 17.4 Å². The van der Waals surface area contributed by atoms with E-state index in [0.717, 1.165) is 6.20 Å². The van der Waals surface area contributed by atoms with E-state index in [1.165, 1.54) is 19.1 Å². The molecule has 0 spiro atoms. The minimum absolute atomic E-state index is 0.0434. The van der Waals surface area contributed by atoms with E-state index in [1.54, 1.807) is 24.3 Å². The third-order valence-electron chi connectivity index (χ3n) is 2.51. The van der Waals surface area contributed by atoms with Gasteiger partial charge in [0.2, 0.25) is 0 Å². The van der Waals surface area contributed by atoms with Crippen LogP contribution in [0.4, 0.5) is 10.1 Å². The molecule has 2 aromatic rings. The number of carbonyl (C=O) groups excluding carboxylic acids is 2. The maximum atomic E-state index is 12.7. The van der Waals surface area contributed by atoms with E-state index in [4.69, 9.17) is 0 Å². The lowest BCUT2D eigenvalue weighted by atomic mass is 10.1. The molecule has 0 aliphatic carbocycles. The van der Waals surface area contributed by atoms with Crippen LogP contribution >= 0.6 is 0 Å². The quantitative estimate of drug-likeness (QED) is 0.861. The summed E-state index contributed by atoms with van der Waals surface area (Å²) in [4.78, 5) is 26.6. The number of benzene rings is 1. The average molecular weight is 258 g/mol. The van der Waals surface area contributed by atoms with Gasteiger partial charge in [0.15, 0.2) is 5.78 Å². The Bertz CT molecular complexity index is 606. The zero-order chi connectivity index (χ0) is 13.8. The second kappa shape index (κ2) is 5.39. The fourth-order valence-corrected chi connectivity index (χ4v) is 1.49. The van der Waals surface area contributed by atoms with Crippen LogP contribution in [0.2, 0.25) is 0 Å². The molecule has 1 N–H and O–H groups in total. The number of ketones is 1. The topological polar surface area (TPSA) is 59.1 Å². The Hall–Kier alpha value is -2.56. The van der Waals surface area contributed by atoms with Crippen LogP contribution in [-0.2, 0) is 0 Å². The molecule has 1 aromatic carbocycles. The number of pyridine rings is 1. The lowest BCUT2D eigenvalue weighted by Crippen LogP contribution is -2.13. The number of Topliss-reactive ketones (excluding diaryl/α,β-unsaturated/α-hetero) is 1. The standard InChI is InChI=1S/C14H11FN2O2/c1-9(18)10-2-5-12(6-3-10)17-14(19)13-7-4-11(15)8-16-13/h2-8H,1H3,(H,17,19). The number of hydrogen-bond acceptors (Lipinski definition) is 3. The summed E-state index contributed by atoms with van der Waals surface area (Å²) in [7, 11) is 0. The monoisotopic (exact) mass is 258 g/mol. The molecule has 2 rings (SSSR count). The van der Waals surface area contributed by atoms with Crippen molar-refractivity contribution in [3.63, 3.8) is 0 Å². The van der Waals surface area contributed by atoms with E-state index in [-0.39, 0.29) is 11.5 Å². The van der Waals surface area contributed by atoms with Gasteiger partial charge in [-0.3, -0.25) is 9.59 Å². The van der Waals surface area contributed by atoms with E-state index in [2.05, 4.69) is 10.3 Å². The number of nitrogens with one attached hydrogen (secondary N) is 1. The first-order valence-corrected chi connectivity index (χ1v) is 5.60. The van der Waals surface area contributed by atoms with E-state index in [9.17, 15) is 14.0 Å². The van der Waals surface area contributed by atoms with Gasteiger partial charge in [-0.15, -0.1) is 0 Å². The van der Waals surface area contributed by atoms with Crippen molar-refractivity contribution in [1.29, 1.82) is 0 Å². The van der Waals surface area contributed by atoms with Crippen molar-refractivity contribution < 1.29 is 14.0 Å². The number of aromatic nitrogens is 1. The summed E-state index contributed by atoms with van der Waals surface area (Å²) in [5.41, 5.74) is 1.23. The SMILES string of the molecule is CC(=O)c1ccc(NC(=O)c2ccc(F)cn2)cc1. The highest BCUT2D eigenvalue weighted by atomic mass is 19.1. The first-order valence-electron chi connectivity index (χ1n) is 5.60. The van der Waals surface area contributed by atoms with E-state index < -0.39 is 11.7 Å². The molecule has 0 saturated heterocycles. The molecular formula is C14H11FN2O2. The number of rotatable bonds is 3. The molecule has 19 heavy (non-hydrogen) atoms. The van der Waals surface area contributed by atoms with Gasteiger partial charge in [0.25, 0.3) is 5.91 Å². The molecule has 0 bridgehead atoms. The third-order valence-corrected chi connectivity index (χ3v) is 2.51. The normalized spacial score (nSPS) is 10.0. The van der Waals surface area contributed by atoms with Crippen molar-refractivity contribution in [2.24, 2.45) is 0 Å². The molecule has 0 aliphatic rings. The largest absolute Gasteiger partial charge is 0.321 e. The van der Waals surface area contributed by atoms with Crippen molar-refractivity contribution in [3.05, 3.63) is 59.7 Å². The van der Waals surface area contributed by atoms with Gasteiger partial charge >= 0.3 is 0 Å².